The molecule has 1 amide bonds. The van der Waals surface area contributed by atoms with E-state index in [0.717, 1.165) is 12.2 Å². The summed E-state index contributed by atoms with van der Waals surface area (Å²) >= 11 is 1.66. The van der Waals surface area contributed by atoms with Crippen LogP contribution in [0, 0.1) is 0 Å². The van der Waals surface area contributed by atoms with Crippen LogP contribution in [-0.2, 0) is 4.79 Å². The molecule has 0 aromatic carbocycles. The number of amides is 1. The van der Waals surface area contributed by atoms with Crippen molar-refractivity contribution in [3.8, 4) is 0 Å². The van der Waals surface area contributed by atoms with Crippen molar-refractivity contribution in [2.75, 3.05) is 25.1 Å². The first kappa shape index (κ1) is 15.6. The van der Waals surface area contributed by atoms with Crippen LogP contribution in [0.15, 0.2) is 0 Å². The zero-order valence-corrected chi connectivity index (χ0v) is 10.2. The Hall–Kier alpha value is -0.430. The molecular formula is C9H17F3N2OS. The van der Waals surface area contributed by atoms with Gasteiger partial charge in [0.15, 0.2) is 0 Å². The van der Waals surface area contributed by atoms with Crippen LogP contribution < -0.4 is 10.6 Å². The van der Waals surface area contributed by atoms with Crippen LogP contribution >= 0.6 is 11.8 Å². The molecule has 1 atom stereocenters. The van der Waals surface area contributed by atoms with Gasteiger partial charge >= 0.3 is 6.18 Å². The highest BCUT2D eigenvalue weighted by molar-refractivity contribution is 7.98. The zero-order chi connectivity index (χ0) is 12.6. The fourth-order valence-electron chi connectivity index (χ4n) is 1.01. The van der Waals surface area contributed by atoms with Crippen molar-refractivity contribution in [3.63, 3.8) is 0 Å². The molecule has 0 heterocycles. The van der Waals surface area contributed by atoms with Crippen molar-refractivity contribution in [1.29, 1.82) is 0 Å². The predicted octanol–water partition coefficient (Wildman–Crippen LogP) is 1.40. The number of hydrogen-bond acceptors (Lipinski definition) is 3. The summed E-state index contributed by atoms with van der Waals surface area (Å²) in [6, 6.07) is -0.00682. The molecular weight excluding hydrogens is 241 g/mol. The minimum atomic E-state index is -4.27. The van der Waals surface area contributed by atoms with Gasteiger partial charge < -0.3 is 10.6 Å². The van der Waals surface area contributed by atoms with Crippen LogP contribution in [0.2, 0.25) is 0 Å². The fraction of sp³-hybridized carbons (Fsp3) is 0.889. The monoisotopic (exact) mass is 258 g/mol. The number of carbonyl (C=O) groups is 1. The van der Waals surface area contributed by atoms with Crippen molar-refractivity contribution in [3.05, 3.63) is 0 Å². The molecule has 3 nitrogen and oxygen atoms in total. The maximum Gasteiger partial charge on any atom is 0.401 e. The second-order valence-electron chi connectivity index (χ2n) is 3.47. The highest BCUT2D eigenvalue weighted by Gasteiger charge is 2.26. The van der Waals surface area contributed by atoms with Gasteiger partial charge in [-0.15, -0.1) is 0 Å². The summed E-state index contributed by atoms with van der Waals surface area (Å²) in [6.45, 7) is 0.389. The molecule has 0 rings (SSSR count). The first-order chi connectivity index (χ1) is 7.35. The van der Waals surface area contributed by atoms with Gasteiger partial charge in [-0.2, -0.15) is 24.9 Å². The second kappa shape index (κ2) is 7.78. The van der Waals surface area contributed by atoms with Gasteiger partial charge in [-0.25, -0.2) is 0 Å². The Kier molecular flexibility index (Phi) is 7.57. The van der Waals surface area contributed by atoms with Crippen LogP contribution in [0.5, 0.6) is 0 Å². The van der Waals surface area contributed by atoms with Gasteiger partial charge in [0.25, 0.3) is 0 Å². The third-order valence-corrected chi connectivity index (χ3v) is 2.42. The number of thioether (sulfide) groups is 1. The van der Waals surface area contributed by atoms with Gasteiger partial charge in [-0.3, -0.25) is 4.79 Å². The summed E-state index contributed by atoms with van der Waals surface area (Å²) in [6.07, 6.45) is -1.50. The molecule has 2 N–H and O–H groups in total. The van der Waals surface area contributed by atoms with E-state index in [-0.39, 0.29) is 12.6 Å². The van der Waals surface area contributed by atoms with Crippen molar-refractivity contribution >= 4 is 17.7 Å². The quantitative estimate of drug-likeness (QED) is 0.725. The number of alkyl halides is 3. The molecule has 0 radical (unpaired) electrons. The molecule has 0 aromatic rings. The average Bonchev–Trinajstić information content (AvgIpc) is 2.12. The Morgan fingerprint density at radius 3 is 2.56 bits per heavy atom. The predicted molar refractivity (Wildman–Crippen MR) is 59.5 cm³/mol. The van der Waals surface area contributed by atoms with Crippen molar-refractivity contribution in [2.45, 2.75) is 25.6 Å². The minimum Gasteiger partial charge on any atom is -0.353 e. The van der Waals surface area contributed by atoms with Gasteiger partial charge in [0, 0.05) is 6.04 Å². The topological polar surface area (TPSA) is 41.1 Å². The standard InChI is InChI=1S/C9H17F3N2OS/c1-7(3-4-16-2)14-8(15)5-13-6-9(10,11)12/h7,13H,3-6H2,1-2H3,(H,14,15). The summed E-state index contributed by atoms with van der Waals surface area (Å²) < 4.78 is 35.2. The lowest BCUT2D eigenvalue weighted by molar-refractivity contribution is -0.128. The summed E-state index contributed by atoms with van der Waals surface area (Å²) in [7, 11) is 0. The van der Waals surface area contributed by atoms with Gasteiger partial charge in [0.05, 0.1) is 13.1 Å². The maximum atomic E-state index is 11.7. The smallest absolute Gasteiger partial charge is 0.353 e. The van der Waals surface area contributed by atoms with E-state index in [1.165, 1.54) is 0 Å². The summed E-state index contributed by atoms with van der Waals surface area (Å²) in [5.74, 6) is 0.509. The van der Waals surface area contributed by atoms with Crippen LogP contribution in [-0.4, -0.2) is 43.2 Å². The van der Waals surface area contributed by atoms with Crippen LogP contribution in [0.1, 0.15) is 13.3 Å². The van der Waals surface area contributed by atoms with E-state index in [2.05, 4.69) is 5.32 Å². The van der Waals surface area contributed by atoms with Gasteiger partial charge in [-0.1, -0.05) is 0 Å². The lowest BCUT2D eigenvalue weighted by Gasteiger charge is -2.14. The first-order valence-electron chi connectivity index (χ1n) is 4.91. The molecule has 0 saturated heterocycles. The molecule has 16 heavy (non-hydrogen) atoms. The van der Waals surface area contributed by atoms with Crippen LogP contribution in [0.25, 0.3) is 0 Å². The number of carbonyl (C=O) groups excluding carboxylic acids is 1. The fourth-order valence-corrected chi connectivity index (χ4v) is 1.60. The molecule has 0 aliphatic rings. The Bertz CT molecular complexity index is 211. The highest BCUT2D eigenvalue weighted by atomic mass is 32.2. The second-order valence-corrected chi connectivity index (χ2v) is 4.45. The third kappa shape index (κ3) is 10.1. The number of hydrogen-bond donors (Lipinski definition) is 2. The Morgan fingerprint density at radius 2 is 2.06 bits per heavy atom. The lowest BCUT2D eigenvalue weighted by Crippen LogP contribution is -2.41. The first-order valence-corrected chi connectivity index (χ1v) is 6.30. The molecule has 0 aliphatic heterocycles. The van der Waals surface area contributed by atoms with Gasteiger partial charge in [-0.05, 0) is 25.4 Å². The maximum absolute atomic E-state index is 11.7. The zero-order valence-electron chi connectivity index (χ0n) is 9.36. The number of nitrogens with one attached hydrogen (secondary N) is 2. The minimum absolute atomic E-state index is 0.00682. The van der Waals surface area contributed by atoms with Crippen molar-refractivity contribution in [2.24, 2.45) is 0 Å². The van der Waals surface area contributed by atoms with E-state index in [1.54, 1.807) is 11.8 Å². The SMILES string of the molecule is CSCCC(C)NC(=O)CNCC(F)(F)F. The number of rotatable bonds is 7. The lowest BCUT2D eigenvalue weighted by atomic mass is 10.2. The van der Waals surface area contributed by atoms with Crippen molar-refractivity contribution < 1.29 is 18.0 Å². The molecule has 0 aromatic heterocycles. The Balaban J connectivity index is 3.58. The van der Waals surface area contributed by atoms with Crippen LogP contribution in [0.4, 0.5) is 13.2 Å². The van der Waals surface area contributed by atoms with E-state index in [4.69, 9.17) is 0 Å². The van der Waals surface area contributed by atoms with E-state index in [1.807, 2.05) is 18.5 Å². The average molecular weight is 258 g/mol. The molecule has 96 valence electrons. The molecule has 0 bridgehead atoms. The molecule has 7 heteroatoms. The van der Waals surface area contributed by atoms with Gasteiger partial charge in [0.1, 0.15) is 0 Å². The molecule has 0 fully saturated rings. The Labute approximate surface area is 97.5 Å². The Morgan fingerprint density at radius 1 is 1.44 bits per heavy atom. The van der Waals surface area contributed by atoms with E-state index < -0.39 is 18.6 Å². The van der Waals surface area contributed by atoms with E-state index in [0.29, 0.717) is 0 Å². The summed E-state index contributed by atoms with van der Waals surface area (Å²) in [5, 5.41) is 4.66. The largest absolute Gasteiger partial charge is 0.401 e. The normalized spacial score (nSPS) is 13.6. The summed E-state index contributed by atoms with van der Waals surface area (Å²) in [4.78, 5) is 11.2. The van der Waals surface area contributed by atoms with Crippen LogP contribution in [0.3, 0.4) is 0 Å². The van der Waals surface area contributed by atoms with Crippen molar-refractivity contribution in [1.82, 2.24) is 10.6 Å². The molecule has 0 aliphatic carbocycles. The van der Waals surface area contributed by atoms with Gasteiger partial charge in [0.2, 0.25) is 5.91 Å². The summed E-state index contributed by atoms with van der Waals surface area (Å²) in [5.41, 5.74) is 0. The highest BCUT2D eigenvalue weighted by Crippen LogP contribution is 2.11. The number of halogens is 3. The third-order valence-electron chi connectivity index (χ3n) is 1.77. The van der Waals surface area contributed by atoms with E-state index in [9.17, 15) is 18.0 Å². The molecule has 1 unspecified atom stereocenters. The molecule has 0 spiro atoms. The molecule has 0 saturated carbocycles. The van der Waals surface area contributed by atoms with E-state index >= 15 is 0 Å².